The summed E-state index contributed by atoms with van der Waals surface area (Å²) in [4.78, 5) is 11.2. The third-order valence-corrected chi connectivity index (χ3v) is 2.83. The smallest absolute Gasteiger partial charge is 0.247 e. The SMILES string of the molecule is O=C(Cc1ccccc1Cc1ccccc1)NO. The van der Waals surface area contributed by atoms with E-state index in [1.807, 2.05) is 42.5 Å². The third kappa shape index (κ3) is 3.18. The van der Waals surface area contributed by atoms with Crippen molar-refractivity contribution < 1.29 is 10.0 Å². The minimum atomic E-state index is -0.393. The molecule has 3 nitrogen and oxygen atoms in total. The van der Waals surface area contributed by atoms with E-state index >= 15 is 0 Å². The average molecular weight is 241 g/mol. The molecule has 92 valence electrons. The van der Waals surface area contributed by atoms with Crippen molar-refractivity contribution in [2.75, 3.05) is 0 Å². The summed E-state index contributed by atoms with van der Waals surface area (Å²) in [6, 6.07) is 17.9. The van der Waals surface area contributed by atoms with E-state index < -0.39 is 5.91 Å². The number of nitrogens with one attached hydrogen (secondary N) is 1. The van der Waals surface area contributed by atoms with Crippen molar-refractivity contribution in [3.8, 4) is 0 Å². The van der Waals surface area contributed by atoms with E-state index in [9.17, 15) is 4.79 Å². The lowest BCUT2D eigenvalue weighted by molar-refractivity contribution is -0.128. The van der Waals surface area contributed by atoms with Gasteiger partial charge in [-0.25, -0.2) is 5.48 Å². The first-order valence-corrected chi connectivity index (χ1v) is 5.83. The maximum atomic E-state index is 11.2. The molecule has 2 aromatic carbocycles. The van der Waals surface area contributed by atoms with Gasteiger partial charge in [0.1, 0.15) is 0 Å². The van der Waals surface area contributed by atoms with Gasteiger partial charge in [-0.2, -0.15) is 0 Å². The molecule has 0 saturated carbocycles. The third-order valence-electron chi connectivity index (χ3n) is 2.83. The first-order valence-electron chi connectivity index (χ1n) is 5.83. The van der Waals surface area contributed by atoms with Gasteiger partial charge < -0.3 is 0 Å². The minimum absolute atomic E-state index is 0.194. The first-order chi connectivity index (χ1) is 8.79. The molecule has 2 aromatic rings. The Hall–Kier alpha value is -2.13. The van der Waals surface area contributed by atoms with Gasteiger partial charge in [-0.1, -0.05) is 54.6 Å². The van der Waals surface area contributed by atoms with Crippen LogP contribution in [-0.2, 0) is 17.6 Å². The first kappa shape index (κ1) is 12.3. The molecule has 2 rings (SSSR count). The van der Waals surface area contributed by atoms with Crippen molar-refractivity contribution in [2.24, 2.45) is 0 Å². The number of carbonyl (C=O) groups excluding carboxylic acids is 1. The second kappa shape index (κ2) is 5.98. The minimum Gasteiger partial charge on any atom is -0.289 e. The van der Waals surface area contributed by atoms with E-state index in [-0.39, 0.29) is 6.42 Å². The molecule has 0 bridgehead atoms. The van der Waals surface area contributed by atoms with Gasteiger partial charge in [0.2, 0.25) is 5.91 Å². The Morgan fingerprint density at radius 3 is 2.22 bits per heavy atom. The lowest BCUT2D eigenvalue weighted by atomic mass is 9.98. The molecule has 0 saturated heterocycles. The molecular weight excluding hydrogens is 226 g/mol. The summed E-state index contributed by atoms with van der Waals surface area (Å²) in [6.07, 6.45) is 0.981. The predicted octanol–water partition coefficient (Wildman–Crippen LogP) is 2.33. The molecule has 0 spiro atoms. The summed E-state index contributed by atoms with van der Waals surface area (Å²) in [6.45, 7) is 0. The number of benzene rings is 2. The molecule has 0 radical (unpaired) electrons. The van der Waals surface area contributed by atoms with Crippen LogP contribution in [0.15, 0.2) is 54.6 Å². The van der Waals surface area contributed by atoms with Crippen molar-refractivity contribution in [3.63, 3.8) is 0 Å². The van der Waals surface area contributed by atoms with Crippen LogP contribution in [0.5, 0.6) is 0 Å². The summed E-state index contributed by atoms with van der Waals surface area (Å²) in [5.74, 6) is -0.393. The van der Waals surface area contributed by atoms with Gasteiger partial charge in [0, 0.05) is 0 Å². The average Bonchev–Trinajstić information content (AvgIpc) is 2.42. The number of hydroxylamine groups is 1. The molecule has 0 unspecified atom stereocenters. The monoisotopic (exact) mass is 241 g/mol. The van der Waals surface area contributed by atoms with Crippen LogP contribution in [0.4, 0.5) is 0 Å². The van der Waals surface area contributed by atoms with Gasteiger partial charge in [-0.05, 0) is 23.1 Å². The molecular formula is C15H15NO2. The molecule has 0 aromatic heterocycles. The van der Waals surface area contributed by atoms with Crippen molar-refractivity contribution in [1.82, 2.24) is 5.48 Å². The molecule has 0 aliphatic rings. The van der Waals surface area contributed by atoms with Crippen LogP contribution in [-0.4, -0.2) is 11.1 Å². The van der Waals surface area contributed by atoms with Crippen LogP contribution < -0.4 is 5.48 Å². The summed E-state index contributed by atoms with van der Waals surface area (Å²) in [5, 5.41) is 8.58. The number of hydrogen-bond acceptors (Lipinski definition) is 2. The highest BCUT2D eigenvalue weighted by Crippen LogP contribution is 2.14. The second-order valence-electron chi connectivity index (χ2n) is 4.14. The summed E-state index contributed by atoms with van der Waals surface area (Å²) >= 11 is 0. The fourth-order valence-corrected chi connectivity index (χ4v) is 1.93. The molecule has 0 fully saturated rings. The topological polar surface area (TPSA) is 49.3 Å². The molecule has 3 heteroatoms. The van der Waals surface area contributed by atoms with Gasteiger partial charge in [-0.15, -0.1) is 0 Å². The number of carbonyl (C=O) groups is 1. The van der Waals surface area contributed by atoms with E-state index in [2.05, 4.69) is 12.1 Å². The van der Waals surface area contributed by atoms with Crippen LogP contribution in [0.3, 0.4) is 0 Å². The number of amides is 1. The Morgan fingerprint density at radius 2 is 1.56 bits per heavy atom. The molecule has 0 aliphatic heterocycles. The molecule has 0 atom stereocenters. The van der Waals surface area contributed by atoms with Crippen LogP contribution >= 0.6 is 0 Å². The Balaban J connectivity index is 2.20. The maximum Gasteiger partial charge on any atom is 0.247 e. The van der Waals surface area contributed by atoms with E-state index in [1.165, 1.54) is 5.56 Å². The van der Waals surface area contributed by atoms with Crippen LogP contribution in [0.1, 0.15) is 16.7 Å². The van der Waals surface area contributed by atoms with Gasteiger partial charge in [0.15, 0.2) is 0 Å². The van der Waals surface area contributed by atoms with Crippen LogP contribution in [0.25, 0.3) is 0 Å². The van der Waals surface area contributed by atoms with Crippen molar-refractivity contribution in [3.05, 3.63) is 71.3 Å². The Labute approximate surface area is 106 Å². The van der Waals surface area contributed by atoms with Crippen molar-refractivity contribution in [2.45, 2.75) is 12.8 Å². The number of hydrogen-bond donors (Lipinski definition) is 2. The van der Waals surface area contributed by atoms with Gasteiger partial charge in [-0.3, -0.25) is 10.0 Å². The predicted molar refractivity (Wildman–Crippen MR) is 69.3 cm³/mol. The molecule has 0 heterocycles. The molecule has 18 heavy (non-hydrogen) atoms. The normalized spacial score (nSPS) is 10.1. The quantitative estimate of drug-likeness (QED) is 0.637. The summed E-state index contributed by atoms with van der Waals surface area (Å²) < 4.78 is 0. The zero-order valence-corrected chi connectivity index (χ0v) is 9.97. The van der Waals surface area contributed by atoms with E-state index in [1.54, 1.807) is 5.48 Å². The lowest BCUT2D eigenvalue weighted by Gasteiger charge is -2.08. The van der Waals surface area contributed by atoms with Gasteiger partial charge >= 0.3 is 0 Å². The largest absolute Gasteiger partial charge is 0.289 e. The van der Waals surface area contributed by atoms with Gasteiger partial charge in [0.25, 0.3) is 0 Å². The highest BCUT2D eigenvalue weighted by atomic mass is 16.5. The molecule has 2 N–H and O–H groups in total. The zero-order chi connectivity index (χ0) is 12.8. The van der Waals surface area contributed by atoms with Gasteiger partial charge in [0.05, 0.1) is 6.42 Å². The lowest BCUT2D eigenvalue weighted by Crippen LogP contribution is -2.21. The zero-order valence-electron chi connectivity index (χ0n) is 9.97. The van der Waals surface area contributed by atoms with Crippen molar-refractivity contribution >= 4 is 5.91 Å². The number of rotatable bonds is 4. The Kier molecular flexibility index (Phi) is 4.10. The highest BCUT2D eigenvalue weighted by Gasteiger charge is 2.07. The highest BCUT2D eigenvalue weighted by molar-refractivity contribution is 5.77. The summed E-state index contributed by atoms with van der Waals surface area (Å²) in [5.41, 5.74) is 4.91. The standard InChI is InChI=1S/C15H15NO2/c17-15(16-18)11-14-9-5-4-8-13(14)10-12-6-2-1-3-7-12/h1-9,18H,10-11H2,(H,16,17). The fourth-order valence-electron chi connectivity index (χ4n) is 1.93. The maximum absolute atomic E-state index is 11.2. The van der Waals surface area contributed by atoms with Crippen LogP contribution in [0, 0.1) is 0 Å². The van der Waals surface area contributed by atoms with Crippen LogP contribution in [0.2, 0.25) is 0 Å². The van der Waals surface area contributed by atoms with E-state index in [0.717, 1.165) is 17.5 Å². The summed E-state index contributed by atoms with van der Waals surface area (Å²) in [7, 11) is 0. The Morgan fingerprint density at radius 1 is 0.944 bits per heavy atom. The van der Waals surface area contributed by atoms with E-state index in [0.29, 0.717) is 0 Å². The molecule has 1 amide bonds. The Bertz CT molecular complexity index is 523. The second-order valence-corrected chi connectivity index (χ2v) is 4.14. The van der Waals surface area contributed by atoms with E-state index in [4.69, 9.17) is 5.21 Å². The molecule has 0 aliphatic carbocycles. The fraction of sp³-hybridized carbons (Fsp3) is 0.133. The van der Waals surface area contributed by atoms with Crippen molar-refractivity contribution in [1.29, 1.82) is 0 Å².